The minimum Gasteiger partial charge on any atom is -0.469 e. The number of methoxy groups -OCH3 is 1. The summed E-state index contributed by atoms with van der Waals surface area (Å²) in [4.78, 5) is 11.3. The lowest BCUT2D eigenvalue weighted by atomic mass is 10.1. The molecule has 0 amide bonds. The van der Waals surface area contributed by atoms with Gasteiger partial charge < -0.3 is 4.74 Å². The third kappa shape index (κ3) is 1.88. The molecule has 0 aliphatic heterocycles. The van der Waals surface area contributed by atoms with Gasteiger partial charge in [0.25, 0.3) is 0 Å². The summed E-state index contributed by atoms with van der Waals surface area (Å²) in [6.07, 6.45) is 1.93. The van der Waals surface area contributed by atoms with Crippen LogP contribution in [0.3, 0.4) is 0 Å². The summed E-state index contributed by atoms with van der Waals surface area (Å²) >= 11 is 5.76. The zero-order chi connectivity index (χ0) is 10.2. The third-order valence-corrected chi connectivity index (χ3v) is 2.90. The second-order valence-electron chi connectivity index (χ2n) is 4.10. The lowest BCUT2D eigenvalue weighted by Crippen LogP contribution is -2.07. The van der Waals surface area contributed by atoms with Crippen LogP contribution in [0.1, 0.15) is 20.8 Å². The van der Waals surface area contributed by atoms with Crippen LogP contribution in [-0.4, -0.2) is 13.1 Å². The molecule has 1 fully saturated rings. The van der Waals surface area contributed by atoms with Gasteiger partial charge in [0.1, 0.15) is 0 Å². The molecule has 0 saturated heterocycles. The Bertz CT molecular complexity index is 252. The van der Waals surface area contributed by atoms with E-state index in [1.807, 2.05) is 13.0 Å². The monoisotopic (exact) mass is 202 g/mol. The molecule has 0 N–H and O–H groups in total. The first-order chi connectivity index (χ1) is 5.91. The summed E-state index contributed by atoms with van der Waals surface area (Å²) in [7, 11) is 1.42. The van der Waals surface area contributed by atoms with Crippen molar-refractivity contribution in [1.82, 2.24) is 0 Å². The molecule has 2 unspecified atom stereocenters. The molecule has 0 radical (unpaired) electrons. The van der Waals surface area contributed by atoms with Crippen LogP contribution in [0, 0.1) is 17.3 Å². The first-order valence-electron chi connectivity index (χ1n) is 4.33. The zero-order valence-corrected chi connectivity index (χ0v) is 9.18. The van der Waals surface area contributed by atoms with Crippen molar-refractivity contribution in [1.29, 1.82) is 0 Å². The van der Waals surface area contributed by atoms with E-state index in [0.29, 0.717) is 0 Å². The molecular weight excluding hydrogens is 188 g/mol. The summed E-state index contributed by atoms with van der Waals surface area (Å²) in [5, 5.41) is 0.740. The lowest BCUT2D eigenvalue weighted by molar-refractivity contribution is -0.143. The van der Waals surface area contributed by atoms with Gasteiger partial charge in [0, 0.05) is 5.03 Å². The van der Waals surface area contributed by atoms with Crippen molar-refractivity contribution < 1.29 is 9.53 Å². The number of carbonyl (C=O) groups is 1. The Morgan fingerprint density at radius 2 is 2.08 bits per heavy atom. The van der Waals surface area contributed by atoms with Gasteiger partial charge in [-0.2, -0.15) is 0 Å². The number of rotatable bonds is 2. The number of allylic oxidation sites excluding steroid dienone is 2. The standard InChI is InChI=1S/C10H15ClO2/c1-6(11)5-7-8(9(12)13-4)10(7,2)3/h5,7-8H,1-4H3/b6-5+. The van der Waals surface area contributed by atoms with E-state index in [4.69, 9.17) is 16.3 Å². The number of esters is 1. The number of halogens is 1. The molecule has 1 rings (SSSR count). The highest BCUT2D eigenvalue weighted by molar-refractivity contribution is 6.29. The molecule has 0 aromatic heterocycles. The van der Waals surface area contributed by atoms with Gasteiger partial charge in [0.15, 0.2) is 0 Å². The maximum Gasteiger partial charge on any atom is 0.309 e. The minimum absolute atomic E-state index is 0.00322. The quantitative estimate of drug-likeness (QED) is 0.644. The van der Waals surface area contributed by atoms with Crippen LogP contribution in [0.2, 0.25) is 0 Å². The molecule has 1 saturated carbocycles. The Morgan fingerprint density at radius 1 is 1.54 bits per heavy atom. The van der Waals surface area contributed by atoms with E-state index in [9.17, 15) is 4.79 Å². The third-order valence-electron chi connectivity index (χ3n) is 2.78. The summed E-state index contributed by atoms with van der Waals surface area (Å²) in [6.45, 7) is 5.93. The molecule has 3 heteroatoms. The summed E-state index contributed by atoms with van der Waals surface area (Å²) in [6, 6.07) is 0. The van der Waals surface area contributed by atoms with Crippen molar-refractivity contribution in [2.45, 2.75) is 20.8 Å². The largest absolute Gasteiger partial charge is 0.469 e. The highest BCUT2D eigenvalue weighted by Crippen LogP contribution is 2.59. The van der Waals surface area contributed by atoms with Crippen molar-refractivity contribution in [3.63, 3.8) is 0 Å². The molecule has 13 heavy (non-hydrogen) atoms. The van der Waals surface area contributed by atoms with E-state index in [2.05, 4.69) is 13.8 Å². The Labute approximate surface area is 83.9 Å². The van der Waals surface area contributed by atoms with E-state index in [0.717, 1.165) is 5.03 Å². The lowest BCUT2D eigenvalue weighted by Gasteiger charge is -1.99. The maximum atomic E-state index is 11.3. The first-order valence-corrected chi connectivity index (χ1v) is 4.70. The predicted octanol–water partition coefficient (Wildman–Crippen LogP) is 2.57. The molecule has 0 bridgehead atoms. The smallest absolute Gasteiger partial charge is 0.309 e. The van der Waals surface area contributed by atoms with Crippen LogP contribution in [0.15, 0.2) is 11.1 Å². The minimum atomic E-state index is -0.135. The number of carbonyl (C=O) groups excluding carboxylic acids is 1. The zero-order valence-electron chi connectivity index (χ0n) is 8.43. The van der Waals surface area contributed by atoms with Gasteiger partial charge in [-0.05, 0) is 18.3 Å². The van der Waals surface area contributed by atoms with Gasteiger partial charge in [0.05, 0.1) is 13.0 Å². The SMILES string of the molecule is COC(=O)C1C(/C=C(\C)Cl)C1(C)C. The van der Waals surface area contributed by atoms with Crippen LogP contribution in [0.4, 0.5) is 0 Å². The Morgan fingerprint density at radius 3 is 2.46 bits per heavy atom. The fourth-order valence-electron chi connectivity index (χ4n) is 1.81. The van der Waals surface area contributed by atoms with E-state index in [1.165, 1.54) is 7.11 Å². The first kappa shape index (κ1) is 10.6. The highest BCUT2D eigenvalue weighted by Gasteiger charge is 2.61. The fourth-order valence-corrected chi connectivity index (χ4v) is 1.95. The maximum absolute atomic E-state index is 11.3. The number of hydrogen-bond donors (Lipinski definition) is 0. The van der Waals surface area contributed by atoms with E-state index in [-0.39, 0.29) is 23.2 Å². The highest BCUT2D eigenvalue weighted by atomic mass is 35.5. The molecule has 74 valence electrons. The van der Waals surface area contributed by atoms with Gasteiger partial charge in [-0.15, -0.1) is 0 Å². The molecular formula is C10H15ClO2. The van der Waals surface area contributed by atoms with Gasteiger partial charge in [-0.1, -0.05) is 31.5 Å². The Hall–Kier alpha value is -0.500. The van der Waals surface area contributed by atoms with Crippen molar-refractivity contribution in [3.8, 4) is 0 Å². The molecule has 1 aliphatic carbocycles. The number of hydrogen-bond acceptors (Lipinski definition) is 2. The summed E-state index contributed by atoms with van der Waals surface area (Å²) in [5.74, 6) is 0.0767. The molecule has 0 spiro atoms. The van der Waals surface area contributed by atoms with Crippen LogP contribution in [0.5, 0.6) is 0 Å². The Balaban J connectivity index is 2.72. The van der Waals surface area contributed by atoms with Crippen LogP contribution in [0.25, 0.3) is 0 Å². The molecule has 2 atom stereocenters. The molecule has 0 aromatic rings. The van der Waals surface area contributed by atoms with Gasteiger partial charge >= 0.3 is 5.97 Å². The van der Waals surface area contributed by atoms with Gasteiger partial charge in [-0.3, -0.25) is 4.79 Å². The van der Waals surface area contributed by atoms with E-state index < -0.39 is 0 Å². The molecule has 0 aromatic carbocycles. The van der Waals surface area contributed by atoms with Crippen LogP contribution < -0.4 is 0 Å². The van der Waals surface area contributed by atoms with E-state index >= 15 is 0 Å². The normalized spacial score (nSPS) is 31.3. The van der Waals surface area contributed by atoms with Gasteiger partial charge in [0.2, 0.25) is 0 Å². The second-order valence-corrected chi connectivity index (χ2v) is 4.70. The van der Waals surface area contributed by atoms with Crippen molar-refractivity contribution in [2.24, 2.45) is 17.3 Å². The topological polar surface area (TPSA) is 26.3 Å². The van der Waals surface area contributed by atoms with Crippen LogP contribution in [-0.2, 0) is 9.53 Å². The fraction of sp³-hybridized carbons (Fsp3) is 0.700. The summed E-state index contributed by atoms with van der Waals surface area (Å²) in [5.41, 5.74) is 0.00322. The number of ether oxygens (including phenoxy) is 1. The van der Waals surface area contributed by atoms with Crippen molar-refractivity contribution in [2.75, 3.05) is 7.11 Å². The summed E-state index contributed by atoms with van der Waals surface area (Å²) < 4.78 is 4.71. The average molecular weight is 203 g/mol. The second kappa shape index (κ2) is 3.33. The Kier molecular flexibility index (Phi) is 2.71. The average Bonchev–Trinajstić information content (AvgIpc) is 2.51. The predicted molar refractivity (Wildman–Crippen MR) is 52.4 cm³/mol. The molecule has 2 nitrogen and oxygen atoms in total. The molecule has 1 aliphatic rings. The van der Waals surface area contributed by atoms with Gasteiger partial charge in [-0.25, -0.2) is 0 Å². The van der Waals surface area contributed by atoms with Crippen molar-refractivity contribution in [3.05, 3.63) is 11.1 Å². The van der Waals surface area contributed by atoms with E-state index in [1.54, 1.807) is 0 Å². The van der Waals surface area contributed by atoms with Crippen molar-refractivity contribution >= 4 is 17.6 Å². The van der Waals surface area contributed by atoms with Crippen LogP contribution >= 0.6 is 11.6 Å². The molecule has 0 heterocycles.